The van der Waals surface area contributed by atoms with E-state index in [1.807, 2.05) is 0 Å². The Labute approximate surface area is 122 Å². The van der Waals surface area contributed by atoms with Crippen molar-refractivity contribution < 1.29 is 23.1 Å². The van der Waals surface area contributed by atoms with Gasteiger partial charge in [0.2, 0.25) is 0 Å². The highest BCUT2D eigenvalue weighted by Crippen LogP contribution is 2.41. The molecule has 0 fully saturated rings. The second-order valence-corrected chi connectivity index (χ2v) is 4.62. The number of hydrazine groups is 1. The number of fused-ring (bicyclic) bond motifs is 1. The largest absolute Gasteiger partial charge is 0.462 e. The number of rotatable bonds is 1. The quantitative estimate of drug-likeness (QED) is 0.850. The second kappa shape index (κ2) is 4.77. The number of hydrogen-bond acceptors (Lipinski definition) is 6. The minimum absolute atomic E-state index is 0.0101. The van der Waals surface area contributed by atoms with Crippen LogP contribution in [0.1, 0.15) is 10.4 Å². The molecule has 1 unspecified atom stereocenters. The number of carbonyl (C=O) groups excluding carboxylic acids is 1. The highest BCUT2D eigenvalue weighted by molar-refractivity contribution is 5.97. The summed E-state index contributed by atoms with van der Waals surface area (Å²) in [6.07, 6.45) is -5.18. The molecule has 1 aromatic rings. The minimum Gasteiger partial charge on any atom is -0.344 e. The van der Waals surface area contributed by atoms with Gasteiger partial charge in [0.1, 0.15) is 0 Å². The molecule has 0 bridgehead atoms. The highest BCUT2D eigenvalue weighted by Gasteiger charge is 2.66. The van der Waals surface area contributed by atoms with Crippen LogP contribution >= 0.6 is 0 Å². The first kappa shape index (κ1) is 14.4. The molecule has 2 aliphatic rings. The molecule has 1 aromatic carbocycles. The summed E-state index contributed by atoms with van der Waals surface area (Å²) in [4.78, 5) is 15.6. The number of amides is 1. The van der Waals surface area contributed by atoms with Crippen molar-refractivity contribution in [2.45, 2.75) is 12.0 Å². The van der Waals surface area contributed by atoms with Gasteiger partial charge >= 0.3 is 12.0 Å². The molecule has 7 nitrogen and oxygen atoms in total. The number of hydrogen-bond donors (Lipinski definition) is 1. The van der Waals surface area contributed by atoms with Gasteiger partial charge in [-0.3, -0.25) is 4.79 Å². The lowest BCUT2D eigenvalue weighted by Gasteiger charge is -2.37. The molecule has 1 N–H and O–H groups in total. The Morgan fingerprint density at radius 3 is 2.59 bits per heavy atom. The Balaban J connectivity index is 2.07. The van der Waals surface area contributed by atoms with E-state index in [9.17, 15) is 23.1 Å². The Hall–Kier alpha value is -2.49. The van der Waals surface area contributed by atoms with E-state index in [1.165, 1.54) is 24.3 Å². The van der Waals surface area contributed by atoms with E-state index in [2.05, 4.69) is 15.2 Å². The molecule has 2 heterocycles. The van der Waals surface area contributed by atoms with E-state index in [0.717, 1.165) is 5.01 Å². The number of guanidine groups is 1. The predicted octanol–water partition coefficient (Wildman–Crippen LogP) is 1.39. The number of aliphatic imine (C=N–C) groups is 1. The van der Waals surface area contributed by atoms with Gasteiger partial charge in [0.25, 0.3) is 11.9 Å². The van der Waals surface area contributed by atoms with Crippen LogP contribution in [0.15, 0.2) is 45.6 Å². The van der Waals surface area contributed by atoms with Crippen LogP contribution in [0.5, 0.6) is 0 Å². The number of azo groups is 1. The topological polar surface area (TPSA) is 80.9 Å². The lowest BCUT2D eigenvalue weighted by molar-refractivity contribution is -0.316. The Morgan fingerprint density at radius 1 is 1.27 bits per heavy atom. The van der Waals surface area contributed by atoms with Gasteiger partial charge in [-0.2, -0.15) is 28.3 Å². The van der Waals surface area contributed by atoms with Crippen LogP contribution in [0, 0.1) is 0 Å². The third-order valence-electron chi connectivity index (χ3n) is 3.19. The summed E-state index contributed by atoms with van der Waals surface area (Å²) in [6, 6.07) is 7.33. The fourth-order valence-electron chi connectivity index (χ4n) is 2.17. The van der Waals surface area contributed by atoms with Crippen LogP contribution in [-0.2, 0) is 0 Å². The average molecular weight is 313 g/mol. The zero-order valence-corrected chi connectivity index (χ0v) is 11.0. The molecular weight excluding hydrogens is 303 g/mol. The van der Waals surface area contributed by atoms with Gasteiger partial charge in [0.05, 0.1) is 13.1 Å². The van der Waals surface area contributed by atoms with E-state index >= 15 is 0 Å². The Morgan fingerprint density at radius 2 is 1.95 bits per heavy atom. The van der Waals surface area contributed by atoms with Crippen molar-refractivity contribution in [3.63, 3.8) is 0 Å². The van der Waals surface area contributed by atoms with Gasteiger partial charge in [0.15, 0.2) is 0 Å². The highest BCUT2D eigenvalue weighted by atomic mass is 19.4. The lowest BCUT2D eigenvalue weighted by Crippen LogP contribution is -2.62. The zero-order chi connectivity index (χ0) is 16.0. The Bertz CT molecular complexity index is 660. The van der Waals surface area contributed by atoms with Gasteiger partial charge in [-0.05, 0) is 12.1 Å². The van der Waals surface area contributed by atoms with E-state index in [0.29, 0.717) is 0 Å². The minimum atomic E-state index is -5.18. The van der Waals surface area contributed by atoms with Crippen LogP contribution in [-0.4, -0.2) is 52.1 Å². The molecule has 116 valence electrons. The van der Waals surface area contributed by atoms with Crippen LogP contribution < -0.4 is 0 Å². The summed E-state index contributed by atoms with van der Waals surface area (Å²) in [5.74, 6) is -5.18. The van der Waals surface area contributed by atoms with Crippen molar-refractivity contribution in [1.29, 1.82) is 0 Å². The monoisotopic (exact) mass is 313 g/mol. The third kappa shape index (κ3) is 2.03. The van der Waals surface area contributed by atoms with E-state index < -0.39 is 23.9 Å². The van der Waals surface area contributed by atoms with Gasteiger partial charge in [-0.15, -0.1) is 5.11 Å². The number of benzene rings is 1. The van der Waals surface area contributed by atoms with Gasteiger partial charge in [-0.25, -0.2) is 5.01 Å². The number of alkyl halides is 3. The normalized spacial score (nSPS) is 24.3. The molecule has 0 radical (unpaired) electrons. The van der Waals surface area contributed by atoms with Crippen LogP contribution in [0.2, 0.25) is 0 Å². The molecule has 1 amide bonds. The number of carbonyl (C=O) groups is 1. The zero-order valence-electron chi connectivity index (χ0n) is 11.0. The fourth-order valence-corrected chi connectivity index (χ4v) is 2.17. The van der Waals surface area contributed by atoms with Crippen LogP contribution in [0.25, 0.3) is 0 Å². The molecule has 0 aromatic heterocycles. The van der Waals surface area contributed by atoms with Crippen LogP contribution in [0.4, 0.5) is 13.2 Å². The molecule has 22 heavy (non-hydrogen) atoms. The van der Waals surface area contributed by atoms with Crippen molar-refractivity contribution in [2.75, 3.05) is 13.1 Å². The summed E-state index contributed by atoms with van der Waals surface area (Å²) in [7, 11) is 0. The second-order valence-electron chi connectivity index (χ2n) is 4.62. The van der Waals surface area contributed by atoms with E-state index in [4.69, 9.17) is 0 Å². The molecule has 10 heteroatoms. The lowest BCUT2D eigenvalue weighted by atomic mass is 10.2. The van der Waals surface area contributed by atoms with Crippen molar-refractivity contribution >= 4 is 11.9 Å². The molecule has 0 spiro atoms. The maximum Gasteiger partial charge on any atom is 0.462 e. The molecule has 0 saturated carbocycles. The maximum absolute atomic E-state index is 13.3. The summed E-state index contributed by atoms with van der Waals surface area (Å²) >= 11 is 0. The first-order valence-corrected chi connectivity index (χ1v) is 6.28. The standard InChI is InChI=1S/C12H10F3N5O2/c13-11(14,15)12(22)17-10-18-16-6-7-19(10)20(12)9(21)8-4-2-1-3-5-8/h1-5,22H,6-7H2. The summed E-state index contributed by atoms with van der Waals surface area (Å²) < 4.78 is 39.8. The Kier molecular flexibility index (Phi) is 3.13. The molecule has 1 atom stereocenters. The number of nitrogens with zero attached hydrogens (tertiary/aromatic N) is 5. The van der Waals surface area contributed by atoms with Gasteiger partial charge in [0, 0.05) is 5.56 Å². The molecular formula is C12H10F3N5O2. The summed E-state index contributed by atoms with van der Waals surface area (Å²) in [5.41, 5.74) is -0.0101. The molecule has 2 aliphatic heterocycles. The maximum atomic E-state index is 13.3. The third-order valence-corrected chi connectivity index (χ3v) is 3.19. The average Bonchev–Trinajstić information content (AvgIpc) is 2.80. The van der Waals surface area contributed by atoms with Crippen LogP contribution in [0.3, 0.4) is 0 Å². The SMILES string of the molecule is O=C(c1ccccc1)N1N2CCN=NC2=NC1(O)C(F)(F)F. The fraction of sp³-hybridized carbons (Fsp3) is 0.333. The smallest absolute Gasteiger partial charge is 0.344 e. The molecule has 3 rings (SSSR count). The van der Waals surface area contributed by atoms with Crippen molar-refractivity contribution in [2.24, 2.45) is 15.2 Å². The van der Waals surface area contributed by atoms with Crippen molar-refractivity contribution in [1.82, 2.24) is 10.0 Å². The first-order chi connectivity index (χ1) is 10.3. The van der Waals surface area contributed by atoms with Gasteiger partial charge < -0.3 is 5.11 Å². The number of halogens is 3. The van der Waals surface area contributed by atoms with Crippen molar-refractivity contribution in [3.05, 3.63) is 35.9 Å². The summed E-state index contributed by atoms with van der Waals surface area (Å²) in [5, 5.41) is 18.1. The predicted molar refractivity (Wildman–Crippen MR) is 67.5 cm³/mol. The summed E-state index contributed by atoms with van der Waals surface area (Å²) in [6.45, 7) is 0.0465. The van der Waals surface area contributed by atoms with E-state index in [1.54, 1.807) is 6.07 Å². The molecule has 0 aliphatic carbocycles. The first-order valence-electron chi connectivity index (χ1n) is 6.28. The van der Waals surface area contributed by atoms with Crippen molar-refractivity contribution in [3.8, 4) is 0 Å². The number of aliphatic hydroxyl groups is 1. The van der Waals surface area contributed by atoms with E-state index in [-0.39, 0.29) is 23.7 Å². The van der Waals surface area contributed by atoms with Gasteiger partial charge in [-0.1, -0.05) is 18.2 Å². The molecule has 0 saturated heterocycles.